The van der Waals surface area contributed by atoms with Gasteiger partial charge in [-0.3, -0.25) is 10.0 Å². The molecular weight excluding hydrogens is 424 g/mol. The molecule has 8 nitrogen and oxygen atoms in total. The highest BCUT2D eigenvalue weighted by atomic mass is 32.2. The fraction of sp³-hybridized carbons (Fsp3) is 0.200. The van der Waals surface area contributed by atoms with E-state index in [4.69, 9.17) is 5.21 Å². The number of carbonyl (C=O) groups excluding carboxylic acids is 1. The molecule has 0 aliphatic carbocycles. The Labute approximate surface area is 178 Å². The lowest BCUT2D eigenvalue weighted by Gasteiger charge is -2.33. The molecule has 156 valence electrons. The van der Waals surface area contributed by atoms with Crippen LogP contribution in [0.5, 0.6) is 0 Å². The van der Waals surface area contributed by atoms with Gasteiger partial charge in [-0.15, -0.1) is 0 Å². The van der Waals surface area contributed by atoms with Crippen LogP contribution in [-0.2, 0) is 10.0 Å². The number of piperazine rings is 1. The number of benzene rings is 2. The third-order valence-electron chi connectivity index (χ3n) is 4.91. The molecule has 30 heavy (non-hydrogen) atoms. The second-order valence-electron chi connectivity index (χ2n) is 6.73. The van der Waals surface area contributed by atoms with Gasteiger partial charge in [-0.1, -0.05) is 53.8 Å². The van der Waals surface area contributed by atoms with Gasteiger partial charge in [0.1, 0.15) is 4.88 Å². The zero-order valence-corrected chi connectivity index (χ0v) is 17.6. The van der Waals surface area contributed by atoms with Gasteiger partial charge >= 0.3 is 0 Å². The van der Waals surface area contributed by atoms with E-state index in [1.54, 1.807) is 23.7 Å². The number of rotatable bonds is 5. The van der Waals surface area contributed by atoms with Crippen molar-refractivity contribution in [1.82, 2.24) is 14.8 Å². The van der Waals surface area contributed by atoms with Gasteiger partial charge in [0.05, 0.1) is 11.1 Å². The Morgan fingerprint density at radius 1 is 1.00 bits per heavy atom. The normalized spacial score (nSPS) is 15.2. The molecule has 1 amide bonds. The lowest BCUT2D eigenvalue weighted by Crippen LogP contribution is -2.48. The van der Waals surface area contributed by atoms with Gasteiger partial charge in [0, 0.05) is 26.2 Å². The Morgan fingerprint density at radius 2 is 1.70 bits per heavy atom. The van der Waals surface area contributed by atoms with Crippen LogP contribution < -0.4 is 10.4 Å². The van der Waals surface area contributed by atoms with E-state index in [9.17, 15) is 13.2 Å². The number of carbonyl (C=O) groups is 1. The summed E-state index contributed by atoms with van der Waals surface area (Å²) in [6.07, 6.45) is 1.39. The van der Waals surface area contributed by atoms with E-state index in [1.807, 2.05) is 41.3 Å². The Bertz CT molecular complexity index is 1140. The molecular formula is C20H20N4O4S2. The highest BCUT2D eigenvalue weighted by molar-refractivity contribution is 7.89. The molecule has 0 bridgehead atoms. The average molecular weight is 445 g/mol. The van der Waals surface area contributed by atoms with Crippen LogP contribution in [0, 0.1) is 0 Å². The molecule has 2 heterocycles. The number of aromatic nitrogens is 1. The number of thiazole rings is 1. The Kier molecular flexibility index (Phi) is 5.82. The van der Waals surface area contributed by atoms with Crippen molar-refractivity contribution >= 4 is 32.4 Å². The second kappa shape index (κ2) is 8.52. The molecule has 1 aromatic heterocycles. The third-order valence-corrected chi connectivity index (χ3v) is 7.86. The molecule has 3 aromatic rings. The van der Waals surface area contributed by atoms with E-state index >= 15 is 0 Å². The minimum Gasteiger partial charge on any atom is -0.345 e. The SMILES string of the molecule is O=C(NO)c1cnc(N2CCN(S(=O)(=O)c3cccc(-c4ccccc4)c3)CC2)s1. The molecule has 4 rings (SSSR count). The molecule has 1 aliphatic rings. The highest BCUT2D eigenvalue weighted by Gasteiger charge is 2.29. The van der Waals surface area contributed by atoms with Crippen LogP contribution in [0.4, 0.5) is 5.13 Å². The molecule has 2 aromatic carbocycles. The van der Waals surface area contributed by atoms with Crippen LogP contribution in [0.15, 0.2) is 65.7 Å². The quantitative estimate of drug-likeness (QED) is 0.463. The van der Waals surface area contributed by atoms with E-state index in [0.29, 0.717) is 36.2 Å². The smallest absolute Gasteiger partial charge is 0.286 e. The van der Waals surface area contributed by atoms with Crippen molar-refractivity contribution in [2.45, 2.75) is 4.90 Å². The lowest BCUT2D eigenvalue weighted by atomic mass is 10.1. The van der Waals surface area contributed by atoms with Crippen LogP contribution in [-0.4, -0.2) is 55.0 Å². The number of nitrogens with one attached hydrogen (secondary N) is 1. The van der Waals surface area contributed by atoms with Crippen molar-refractivity contribution < 1.29 is 18.4 Å². The molecule has 10 heteroatoms. The number of nitrogens with zero attached hydrogens (tertiary/aromatic N) is 3. The van der Waals surface area contributed by atoms with E-state index in [1.165, 1.54) is 10.5 Å². The zero-order valence-electron chi connectivity index (χ0n) is 15.9. The van der Waals surface area contributed by atoms with Crippen molar-refractivity contribution in [3.63, 3.8) is 0 Å². The van der Waals surface area contributed by atoms with Gasteiger partial charge in [-0.25, -0.2) is 18.9 Å². The third kappa shape index (κ3) is 4.08. The fourth-order valence-corrected chi connectivity index (χ4v) is 5.63. The summed E-state index contributed by atoms with van der Waals surface area (Å²) in [6, 6.07) is 16.6. The first-order chi connectivity index (χ1) is 14.5. The molecule has 0 unspecified atom stereocenters. The average Bonchev–Trinajstić information content (AvgIpc) is 3.30. The number of anilines is 1. The molecule has 2 N–H and O–H groups in total. The maximum absolute atomic E-state index is 13.2. The van der Waals surface area contributed by atoms with Gasteiger partial charge in [0.15, 0.2) is 5.13 Å². The number of amides is 1. The predicted molar refractivity (Wildman–Crippen MR) is 114 cm³/mol. The largest absolute Gasteiger partial charge is 0.345 e. The van der Waals surface area contributed by atoms with Gasteiger partial charge in [0.2, 0.25) is 10.0 Å². The first-order valence-electron chi connectivity index (χ1n) is 9.30. The molecule has 1 fully saturated rings. The maximum atomic E-state index is 13.2. The fourth-order valence-electron chi connectivity index (χ4n) is 3.31. The van der Waals surface area contributed by atoms with Gasteiger partial charge in [0.25, 0.3) is 5.91 Å². The van der Waals surface area contributed by atoms with Crippen LogP contribution in [0.2, 0.25) is 0 Å². The molecule has 0 spiro atoms. The summed E-state index contributed by atoms with van der Waals surface area (Å²) in [4.78, 5) is 18.2. The van der Waals surface area contributed by atoms with Crippen molar-refractivity contribution in [2.75, 3.05) is 31.1 Å². The Morgan fingerprint density at radius 3 is 2.40 bits per heavy atom. The van der Waals surface area contributed by atoms with Crippen LogP contribution in [0.25, 0.3) is 11.1 Å². The van der Waals surface area contributed by atoms with Gasteiger partial charge in [-0.05, 0) is 23.3 Å². The maximum Gasteiger partial charge on any atom is 0.286 e. The summed E-state index contributed by atoms with van der Waals surface area (Å²) in [7, 11) is -3.62. The number of hydrogen-bond donors (Lipinski definition) is 2. The summed E-state index contributed by atoms with van der Waals surface area (Å²) < 4.78 is 27.8. The summed E-state index contributed by atoms with van der Waals surface area (Å²) in [5, 5.41) is 9.35. The van der Waals surface area contributed by atoms with Crippen LogP contribution in [0.3, 0.4) is 0 Å². The van der Waals surface area contributed by atoms with Crippen molar-refractivity contribution in [2.24, 2.45) is 0 Å². The number of hydrogen-bond acceptors (Lipinski definition) is 7. The molecule has 0 atom stereocenters. The zero-order chi connectivity index (χ0) is 21.1. The summed E-state index contributed by atoms with van der Waals surface area (Å²) in [6.45, 7) is 1.56. The van der Waals surface area contributed by atoms with Crippen LogP contribution >= 0.6 is 11.3 Å². The standard InChI is InChI=1S/C20H20N4O4S2/c25-19(22-26)18-14-21-20(29-18)23-9-11-24(12-10-23)30(27,28)17-8-4-7-16(13-17)15-5-2-1-3-6-15/h1-8,13-14,26H,9-12H2,(H,22,25). The van der Waals surface area contributed by atoms with E-state index in [2.05, 4.69) is 4.98 Å². The molecule has 1 aliphatic heterocycles. The van der Waals surface area contributed by atoms with Gasteiger partial charge in [-0.2, -0.15) is 4.31 Å². The highest BCUT2D eigenvalue weighted by Crippen LogP contribution is 2.27. The van der Waals surface area contributed by atoms with Crippen molar-refractivity contribution in [1.29, 1.82) is 0 Å². The summed E-state index contributed by atoms with van der Waals surface area (Å²) in [5.41, 5.74) is 3.40. The first-order valence-corrected chi connectivity index (χ1v) is 11.6. The predicted octanol–water partition coefficient (Wildman–Crippen LogP) is 2.44. The second-order valence-corrected chi connectivity index (χ2v) is 9.68. The molecule has 1 saturated heterocycles. The minimum absolute atomic E-state index is 0.272. The number of hydroxylamine groups is 1. The van der Waals surface area contributed by atoms with E-state index < -0.39 is 15.9 Å². The van der Waals surface area contributed by atoms with E-state index in [-0.39, 0.29) is 4.90 Å². The molecule has 0 radical (unpaired) electrons. The lowest BCUT2D eigenvalue weighted by molar-refractivity contribution is 0.0710. The first kappa shape index (κ1) is 20.5. The van der Waals surface area contributed by atoms with Crippen LogP contribution in [0.1, 0.15) is 9.67 Å². The number of sulfonamides is 1. The van der Waals surface area contributed by atoms with Crippen molar-refractivity contribution in [3.8, 4) is 11.1 Å². The minimum atomic E-state index is -3.62. The Hall–Kier alpha value is -2.79. The van der Waals surface area contributed by atoms with E-state index in [0.717, 1.165) is 22.5 Å². The van der Waals surface area contributed by atoms with Crippen molar-refractivity contribution in [3.05, 3.63) is 65.7 Å². The molecule has 0 saturated carbocycles. The topological polar surface area (TPSA) is 103 Å². The monoisotopic (exact) mass is 444 g/mol. The Balaban J connectivity index is 1.48. The summed E-state index contributed by atoms with van der Waals surface area (Å²) >= 11 is 1.15. The summed E-state index contributed by atoms with van der Waals surface area (Å²) in [5.74, 6) is -0.613. The van der Waals surface area contributed by atoms with Gasteiger partial charge < -0.3 is 4.90 Å².